The van der Waals surface area contributed by atoms with Crippen LogP contribution in [-0.4, -0.2) is 34.4 Å². The molecule has 204 valence electrons. The first-order chi connectivity index (χ1) is 18.6. The van der Waals surface area contributed by atoms with Gasteiger partial charge >= 0.3 is 12.1 Å². The van der Waals surface area contributed by atoms with Gasteiger partial charge in [-0.2, -0.15) is 0 Å². The first-order valence-electron chi connectivity index (χ1n) is 12.7. The highest BCUT2D eigenvalue weighted by molar-refractivity contribution is 5.94. The van der Waals surface area contributed by atoms with Gasteiger partial charge in [-0.1, -0.05) is 23.4 Å². The number of carbonyl (C=O) groups excluding carboxylic acids is 2. The molecule has 2 aromatic carbocycles. The molecule has 0 atom stereocenters. The summed E-state index contributed by atoms with van der Waals surface area (Å²) >= 11 is 0. The predicted octanol–water partition coefficient (Wildman–Crippen LogP) is 5.91. The third kappa shape index (κ3) is 7.56. The Morgan fingerprint density at radius 3 is 2.64 bits per heavy atom. The molecule has 0 aliphatic heterocycles. The molecule has 0 saturated heterocycles. The van der Waals surface area contributed by atoms with Crippen LogP contribution >= 0.6 is 0 Å². The molecule has 4 aromatic rings. The highest BCUT2D eigenvalue weighted by Gasteiger charge is 2.17. The molecule has 0 radical (unpaired) electrons. The monoisotopic (exact) mass is 531 g/mol. The number of benzene rings is 2. The topological polar surface area (TPSA) is 113 Å². The lowest BCUT2D eigenvalue weighted by atomic mass is 10.00. The van der Waals surface area contributed by atoms with Crippen LogP contribution in [0.3, 0.4) is 0 Å². The van der Waals surface area contributed by atoms with Gasteiger partial charge in [0, 0.05) is 30.5 Å². The zero-order chi connectivity index (χ0) is 28.0. The molecule has 1 amide bonds. The third-order valence-electron chi connectivity index (χ3n) is 5.80. The maximum Gasteiger partial charge on any atom is 0.407 e. The van der Waals surface area contributed by atoms with E-state index in [0.717, 1.165) is 39.1 Å². The molecule has 0 fully saturated rings. The first-order valence-corrected chi connectivity index (χ1v) is 12.7. The Bertz CT molecular complexity index is 1470. The van der Waals surface area contributed by atoms with Gasteiger partial charge in [0.1, 0.15) is 18.0 Å². The van der Waals surface area contributed by atoms with E-state index in [1.165, 1.54) is 6.92 Å². The van der Waals surface area contributed by atoms with Crippen LogP contribution in [0.25, 0.3) is 22.1 Å². The largest absolute Gasteiger partial charge is 0.489 e. The number of carbonyl (C=O) groups is 2. The summed E-state index contributed by atoms with van der Waals surface area (Å²) in [4.78, 5) is 27.6. The van der Waals surface area contributed by atoms with E-state index in [-0.39, 0.29) is 12.5 Å². The van der Waals surface area contributed by atoms with E-state index in [9.17, 15) is 9.59 Å². The van der Waals surface area contributed by atoms with Crippen molar-refractivity contribution < 1.29 is 28.3 Å². The van der Waals surface area contributed by atoms with Crippen LogP contribution in [0, 0.1) is 6.92 Å². The second-order valence-electron chi connectivity index (χ2n) is 10.2. The minimum Gasteiger partial charge on any atom is -0.489 e. The van der Waals surface area contributed by atoms with Crippen molar-refractivity contribution in [3.8, 4) is 16.9 Å². The highest BCUT2D eigenvalue weighted by atomic mass is 16.6. The molecule has 0 saturated carbocycles. The van der Waals surface area contributed by atoms with Crippen LogP contribution in [0.15, 0.2) is 59.3 Å². The number of hydrogen-bond donors (Lipinski definition) is 1. The van der Waals surface area contributed by atoms with Crippen molar-refractivity contribution in [3.05, 3.63) is 77.2 Å². The van der Waals surface area contributed by atoms with Gasteiger partial charge in [0.2, 0.25) is 0 Å². The van der Waals surface area contributed by atoms with Crippen molar-refractivity contribution in [1.82, 2.24) is 15.5 Å². The summed E-state index contributed by atoms with van der Waals surface area (Å²) in [5, 5.41) is 7.81. The number of aromatic nitrogens is 2. The molecule has 0 spiro atoms. The fourth-order valence-corrected chi connectivity index (χ4v) is 4.05. The number of esters is 1. The van der Waals surface area contributed by atoms with Gasteiger partial charge in [-0.3, -0.25) is 9.78 Å². The maximum atomic E-state index is 12.1. The second-order valence-corrected chi connectivity index (χ2v) is 10.2. The molecule has 9 heteroatoms. The van der Waals surface area contributed by atoms with Gasteiger partial charge in [0.15, 0.2) is 5.58 Å². The molecule has 2 heterocycles. The molecule has 4 rings (SSSR count). The number of nitrogens with zero attached hydrogens (tertiary/aromatic N) is 2. The second kappa shape index (κ2) is 12.0. The lowest BCUT2D eigenvalue weighted by Gasteiger charge is -2.19. The lowest BCUT2D eigenvalue weighted by molar-refractivity contribution is -0.140. The summed E-state index contributed by atoms with van der Waals surface area (Å²) in [6.45, 7) is 9.56. The normalized spacial score (nSPS) is 11.3. The average molecular weight is 532 g/mol. The molecule has 9 nitrogen and oxygen atoms in total. The van der Waals surface area contributed by atoms with Crippen molar-refractivity contribution in [3.63, 3.8) is 0 Å². The molecule has 2 aromatic heterocycles. The Hall–Kier alpha value is -4.40. The maximum absolute atomic E-state index is 12.1. The molecule has 39 heavy (non-hydrogen) atoms. The molecule has 1 N–H and O–H groups in total. The number of pyridine rings is 1. The Kier molecular flexibility index (Phi) is 8.49. The van der Waals surface area contributed by atoms with Crippen molar-refractivity contribution >= 4 is 23.0 Å². The Balaban J connectivity index is 1.55. The SMILES string of the molecule is CC(=O)OCCc1ccccc1OCc1cc(-c2ccnc(CNC(=O)OC(C)(C)C)c2)c2onc(C)c2c1. The zero-order valence-electron chi connectivity index (χ0n) is 22.9. The summed E-state index contributed by atoms with van der Waals surface area (Å²) in [6, 6.07) is 15.5. The Morgan fingerprint density at radius 1 is 1.08 bits per heavy atom. The van der Waals surface area contributed by atoms with Gasteiger partial charge in [0.05, 0.1) is 24.5 Å². The van der Waals surface area contributed by atoms with Crippen LogP contribution in [0.4, 0.5) is 4.79 Å². The minimum absolute atomic E-state index is 0.217. The summed E-state index contributed by atoms with van der Waals surface area (Å²) in [5.74, 6) is 0.422. The molecular weight excluding hydrogens is 498 g/mol. The average Bonchev–Trinajstić information content (AvgIpc) is 3.26. The van der Waals surface area contributed by atoms with E-state index in [4.69, 9.17) is 18.7 Å². The minimum atomic E-state index is -0.583. The summed E-state index contributed by atoms with van der Waals surface area (Å²) in [5.41, 5.74) is 5.13. The summed E-state index contributed by atoms with van der Waals surface area (Å²) < 4.78 is 22.3. The van der Waals surface area contributed by atoms with E-state index < -0.39 is 11.7 Å². The smallest absolute Gasteiger partial charge is 0.407 e. The van der Waals surface area contributed by atoms with Crippen LogP contribution in [0.2, 0.25) is 0 Å². The number of rotatable bonds is 9. The number of amides is 1. The van der Waals surface area contributed by atoms with E-state index in [0.29, 0.717) is 30.9 Å². The fourth-order valence-electron chi connectivity index (χ4n) is 4.05. The van der Waals surface area contributed by atoms with Crippen LogP contribution in [0.1, 0.15) is 50.2 Å². The summed E-state index contributed by atoms with van der Waals surface area (Å²) in [6.07, 6.45) is 1.75. The van der Waals surface area contributed by atoms with Crippen LogP contribution in [0.5, 0.6) is 5.75 Å². The number of ether oxygens (including phenoxy) is 3. The molecule has 0 unspecified atom stereocenters. The van der Waals surface area contributed by atoms with Crippen molar-refractivity contribution in [2.75, 3.05) is 6.61 Å². The van der Waals surface area contributed by atoms with Crippen LogP contribution in [-0.2, 0) is 33.8 Å². The quantitative estimate of drug-likeness (QED) is 0.265. The lowest BCUT2D eigenvalue weighted by Crippen LogP contribution is -2.32. The van der Waals surface area contributed by atoms with E-state index in [1.54, 1.807) is 6.20 Å². The van der Waals surface area contributed by atoms with Gasteiger partial charge < -0.3 is 24.1 Å². The number of alkyl carbamates (subject to hydrolysis) is 1. The van der Waals surface area contributed by atoms with Gasteiger partial charge in [-0.05, 0) is 74.7 Å². The van der Waals surface area contributed by atoms with Crippen LogP contribution < -0.4 is 10.1 Å². The van der Waals surface area contributed by atoms with E-state index in [1.807, 2.05) is 76.2 Å². The number of para-hydroxylation sites is 1. The van der Waals surface area contributed by atoms with E-state index in [2.05, 4.69) is 15.5 Å². The fraction of sp³-hybridized carbons (Fsp3) is 0.333. The molecule has 0 bridgehead atoms. The zero-order valence-corrected chi connectivity index (χ0v) is 22.9. The molecule has 0 aliphatic rings. The van der Waals surface area contributed by atoms with Crippen molar-refractivity contribution in [2.45, 2.75) is 59.8 Å². The number of aryl methyl sites for hydroxylation is 1. The molecular formula is C30H33N3O6. The first kappa shape index (κ1) is 27.6. The third-order valence-corrected chi connectivity index (χ3v) is 5.80. The number of hydrogen-bond acceptors (Lipinski definition) is 8. The standard InChI is InChI=1S/C30H33N3O6/c1-19-25-14-21(18-37-27-9-7-6-8-22(27)11-13-36-20(2)34)15-26(28(25)39-33-19)23-10-12-31-24(16-23)17-32-29(35)38-30(3,4)5/h6-10,12,14-16H,11,13,17-18H2,1-5H3,(H,32,35). The predicted molar refractivity (Wildman–Crippen MR) is 146 cm³/mol. The Labute approximate surface area is 227 Å². The molecule has 0 aliphatic carbocycles. The van der Waals surface area contributed by atoms with E-state index >= 15 is 0 Å². The Morgan fingerprint density at radius 2 is 1.87 bits per heavy atom. The van der Waals surface area contributed by atoms with Crippen molar-refractivity contribution in [2.24, 2.45) is 0 Å². The van der Waals surface area contributed by atoms with Gasteiger partial charge in [-0.25, -0.2) is 4.79 Å². The van der Waals surface area contributed by atoms with Gasteiger partial charge in [0.25, 0.3) is 0 Å². The number of fused-ring (bicyclic) bond motifs is 1. The van der Waals surface area contributed by atoms with Crippen molar-refractivity contribution in [1.29, 1.82) is 0 Å². The number of nitrogens with one attached hydrogen (secondary N) is 1. The highest BCUT2D eigenvalue weighted by Crippen LogP contribution is 2.33. The van der Waals surface area contributed by atoms with Gasteiger partial charge in [-0.15, -0.1) is 0 Å². The summed E-state index contributed by atoms with van der Waals surface area (Å²) in [7, 11) is 0.